The molecule has 0 saturated carbocycles. The van der Waals surface area contributed by atoms with Crippen LogP contribution in [0.3, 0.4) is 0 Å². The number of carbonyl (C=O) groups is 1. The lowest BCUT2D eigenvalue weighted by molar-refractivity contribution is -0.128. The molecular formula is C11H19N3OS. The van der Waals surface area contributed by atoms with Crippen LogP contribution in [0.2, 0.25) is 0 Å². The average molecular weight is 241 g/mol. The van der Waals surface area contributed by atoms with E-state index in [1.165, 1.54) is 0 Å². The van der Waals surface area contributed by atoms with Gasteiger partial charge in [-0.1, -0.05) is 0 Å². The van der Waals surface area contributed by atoms with Crippen LogP contribution < -0.4 is 5.32 Å². The van der Waals surface area contributed by atoms with Crippen LogP contribution in [0, 0.1) is 0 Å². The van der Waals surface area contributed by atoms with Crippen molar-refractivity contribution in [3.63, 3.8) is 0 Å². The van der Waals surface area contributed by atoms with Gasteiger partial charge in [-0.2, -0.15) is 0 Å². The third kappa shape index (κ3) is 4.28. The van der Waals surface area contributed by atoms with Crippen molar-refractivity contribution in [3.05, 3.63) is 16.6 Å². The van der Waals surface area contributed by atoms with Crippen LogP contribution in [0.15, 0.2) is 11.6 Å². The van der Waals surface area contributed by atoms with Gasteiger partial charge in [0, 0.05) is 32.1 Å². The van der Waals surface area contributed by atoms with E-state index < -0.39 is 0 Å². The summed E-state index contributed by atoms with van der Waals surface area (Å²) < 4.78 is 0. The summed E-state index contributed by atoms with van der Waals surface area (Å²) in [4.78, 5) is 17.2. The molecule has 16 heavy (non-hydrogen) atoms. The van der Waals surface area contributed by atoms with Crippen molar-refractivity contribution in [2.75, 3.05) is 20.6 Å². The smallest absolute Gasteiger partial charge is 0.222 e. The normalized spacial score (nSPS) is 12.4. The largest absolute Gasteiger partial charge is 0.349 e. The maximum atomic E-state index is 11.3. The molecule has 0 aliphatic carbocycles. The molecule has 0 spiro atoms. The number of nitrogens with zero attached hydrogens (tertiary/aromatic N) is 2. The monoisotopic (exact) mass is 241 g/mol. The van der Waals surface area contributed by atoms with Crippen molar-refractivity contribution in [3.8, 4) is 0 Å². The van der Waals surface area contributed by atoms with E-state index in [0.717, 1.165) is 18.0 Å². The Morgan fingerprint density at radius 3 is 2.94 bits per heavy atom. The van der Waals surface area contributed by atoms with E-state index in [9.17, 15) is 4.79 Å². The molecule has 1 atom stereocenters. The minimum Gasteiger partial charge on any atom is -0.349 e. The molecule has 1 N–H and O–H groups in total. The summed E-state index contributed by atoms with van der Waals surface area (Å²) in [5.41, 5.74) is 0. The van der Waals surface area contributed by atoms with Gasteiger partial charge < -0.3 is 10.2 Å². The summed E-state index contributed by atoms with van der Waals surface area (Å²) in [6, 6.07) is 0.273. The Kier molecular flexibility index (Phi) is 5.42. The number of rotatable bonds is 6. The fourth-order valence-corrected chi connectivity index (χ4v) is 1.99. The van der Waals surface area contributed by atoms with E-state index in [1.54, 1.807) is 30.3 Å². The van der Waals surface area contributed by atoms with Gasteiger partial charge >= 0.3 is 0 Å². The fourth-order valence-electron chi connectivity index (χ4n) is 1.32. The highest BCUT2D eigenvalue weighted by molar-refractivity contribution is 7.09. The summed E-state index contributed by atoms with van der Waals surface area (Å²) in [5, 5.41) is 6.43. The Bertz CT molecular complexity index is 311. The van der Waals surface area contributed by atoms with Gasteiger partial charge in [0.1, 0.15) is 5.01 Å². The molecule has 1 amide bonds. The van der Waals surface area contributed by atoms with Crippen molar-refractivity contribution in [1.82, 2.24) is 15.2 Å². The van der Waals surface area contributed by atoms with Crippen LogP contribution in [0.5, 0.6) is 0 Å². The standard InChI is InChI=1S/C11H19N3OS/c1-9(11-13-7-8-16-11)12-6-4-5-10(15)14(2)3/h7-9,12H,4-6H2,1-3H3. The van der Waals surface area contributed by atoms with Crippen molar-refractivity contribution in [2.24, 2.45) is 0 Å². The first kappa shape index (κ1) is 13.1. The molecule has 0 saturated heterocycles. The van der Waals surface area contributed by atoms with E-state index in [2.05, 4.69) is 17.2 Å². The Hall–Kier alpha value is -0.940. The predicted molar refractivity (Wildman–Crippen MR) is 66.5 cm³/mol. The highest BCUT2D eigenvalue weighted by atomic mass is 32.1. The van der Waals surface area contributed by atoms with Crippen LogP contribution in [0.25, 0.3) is 0 Å². The Morgan fingerprint density at radius 1 is 1.62 bits per heavy atom. The summed E-state index contributed by atoms with van der Waals surface area (Å²) in [6.07, 6.45) is 3.28. The van der Waals surface area contributed by atoms with Gasteiger partial charge in [-0.3, -0.25) is 4.79 Å². The van der Waals surface area contributed by atoms with E-state index in [1.807, 2.05) is 11.6 Å². The van der Waals surface area contributed by atoms with Crippen molar-refractivity contribution in [1.29, 1.82) is 0 Å². The van der Waals surface area contributed by atoms with Crippen molar-refractivity contribution in [2.45, 2.75) is 25.8 Å². The maximum Gasteiger partial charge on any atom is 0.222 e. The molecule has 0 fully saturated rings. The Balaban J connectivity index is 2.14. The molecule has 1 heterocycles. The van der Waals surface area contributed by atoms with Crippen LogP contribution in [0.1, 0.15) is 30.8 Å². The Labute approximate surface area is 101 Å². The number of amides is 1. The minimum atomic E-state index is 0.184. The first-order valence-electron chi connectivity index (χ1n) is 5.44. The lowest BCUT2D eigenvalue weighted by Gasteiger charge is -2.12. The lowest BCUT2D eigenvalue weighted by Crippen LogP contribution is -2.24. The number of aromatic nitrogens is 1. The number of carbonyl (C=O) groups excluding carboxylic acids is 1. The zero-order valence-corrected chi connectivity index (χ0v) is 10.9. The number of nitrogens with one attached hydrogen (secondary N) is 1. The molecule has 0 aliphatic heterocycles. The molecule has 5 heteroatoms. The zero-order chi connectivity index (χ0) is 12.0. The molecule has 1 rings (SSSR count). The number of hydrogen-bond donors (Lipinski definition) is 1. The third-order valence-corrected chi connectivity index (χ3v) is 3.30. The van der Waals surface area contributed by atoms with Gasteiger partial charge in [0.05, 0.1) is 6.04 Å². The molecule has 90 valence electrons. The SMILES string of the molecule is CC(NCCCC(=O)N(C)C)c1nccs1. The molecular weight excluding hydrogens is 222 g/mol. The molecule has 1 aromatic rings. The molecule has 0 bridgehead atoms. The lowest BCUT2D eigenvalue weighted by atomic mass is 10.2. The van der Waals surface area contributed by atoms with Crippen LogP contribution in [-0.2, 0) is 4.79 Å². The minimum absolute atomic E-state index is 0.184. The summed E-state index contributed by atoms with van der Waals surface area (Å²) in [6.45, 7) is 2.94. The second-order valence-electron chi connectivity index (χ2n) is 3.94. The molecule has 1 aromatic heterocycles. The number of thiazole rings is 1. The second-order valence-corrected chi connectivity index (χ2v) is 4.86. The summed E-state index contributed by atoms with van der Waals surface area (Å²) >= 11 is 1.65. The van der Waals surface area contributed by atoms with Gasteiger partial charge in [-0.05, 0) is 19.9 Å². The van der Waals surface area contributed by atoms with E-state index in [0.29, 0.717) is 6.42 Å². The van der Waals surface area contributed by atoms with Gasteiger partial charge in [0.25, 0.3) is 0 Å². The Morgan fingerprint density at radius 2 is 2.38 bits per heavy atom. The second kappa shape index (κ2) is 6.60. The highest BCUT2D eigenvalue weighted by Gasteiger charge is 2.07. The van der Waals surface area contributed by atoms with Gasteiger partial charge in [0.15, 0.2) is 0 Å². The first-order chi connectivity index (χ1) is 7.61. The average Bonchev–Trinajstić information content (AvgIpc) is 2.76. The van der Waals surface area contributed by atoms with Gasteiger partial charge in [-0.25, -0.2) is 4.98 Å². The number of hydrogen-bond acceptors (Lipinski definition) is 4. The topological polar surface area (TPSA) is 45.2 Å². The fraction of sp³-hybridized carbons (Fsp3) is 0.636. The summed E-state index contributed by atoms with van der Waals surface area (Å²) in [7, 11) is 3.57. The van der Waals surface area contributed by atoms with E-state index in [4.69, 9.17) is 0 Å². The molecule has 0 radical (unpaired) electrons. The molecule has 0 aromatic carbocycles. The third-order valence-electron chi connectivity index (χ3n) is 2.34. The first-order valence-corrected chi connectivity index (χ1v) is 6.32. The zero-order valence-electron chi connectivity index (χ0n) is 10.1. The quantitative estimate of drug-likeness (QED) is 0.770. The highest BCUT2D eigenvalue weighted by Crippen LogP contribution is 2.14. The molecule has 1 unspecified atom stereocenters. The van der Waals surface area contributed by atoms with Crippen molar-refractivity contribution < 1.29 is 4.79 Å². The maximum absolute atomic E-state index is 11.3. The van der Waals surface area contributed by atoms with Crippen LogP contribution in [0.4, 0.5) is 0 Å². The van der Waals surface area contributed by atoms with Crippen LogP contribution in [-0.4, -0.2) is 36.4 Å². The van der Waals surface area contributed by atoms with Gasteiger partial charge in [0.2, 0.25) is 5.91 Å². The summed E-state index contributed by atoms with van der Waals surface area (Å²) in [5.74, 6) is 0.184. The molecule has 0 aliphatic rings. The molecule has 4 nitrogen and oxygen atoms in total. The van der Waals surface area contributed by atoms with Crippen molar-refractivity contribution >= 4 is 17.2 Å². The van der Waals surface area contributed by atoms with E-state index >= 15 is 0 Å². The van der Waals surface area contributed by atoms with Crippen LogP contribution >= 0.6 is 11.3 Å². The predicted octanol–water partition coefficient (Wildman–Crippen LogP) is 1.66. The van der Waals surface area contributed by atoms with Gasteiger partial charge in [-0.15, -0.1) is 11.3 Å². The van der Waals surface area contributed by atoms with E-state index in [-0.39, 0.29) is 11.9 Å².